The molecule has 6 heteroatoms. The Kier molecular flexibility index (Phi) is 3.52. The largest absolute Gasteiger partial charge is 0.494 e. The molecule has 0 saturated heterocycles. The Balaban J connectivity index is 1.92. The molecule has 0 unspecified atom stereocenters. The van der Waals surface area contributed by atoms with Gasteiger partial charge >= 0.3 is 0 Å². The highest BCUT2D eigenvalue weighted by Crippen LogP contribution is 2.26. The Morgan fingerprint density at radius 3 is 2.90 bits per heavy atom. The van der Waals surface area contributed by atoms with E-state index >= 15 is 0 Å². The Labute approximate surface area is 122 Å². The van der Waals surface area contributed by atoms with Crippen molar-refractivity contribution >= 4 is 23.3 Å². The number of nitrogens with zero attached hydrogens (tertiary/aromatic N) is 2. The van der Waals surface area contributed by atoms with E-state index in [0.717, 1.165) is 24.6 Å². The van der Waals surface area contributed by atoms with Crippen molar-refractivity contribution in [3.63, 3.8) is 0 Å². The van der Waals surface area contributed by atoms with Gasteiger partial charge in [0.05, 0.1) is 18.1 Å². The number of aromatic amines is 1. The molecule has 20 heavy (non-hydrogen) atoms. The smallest absolute Gasteiger partial charge is 0.178 e. The van der Waals surface area contributed by atoms with Crippen LogP contribution in [0.25, 0.3) is 11.0 Å². The Morgan fingerprint density at radius 1 is 1.50 bits per heavy atom. The molecule has 1 aliphatic carbocycles. The average molecular weight is 295 g/mol. The summed E-state index contributed by atoms with van der Waals surface area (Å²) in [6, 6.07) is 3.86. The molecule has 3 rings (SSSR count). The normalized spacial score (nSPS) is 15.2. The monoisotopic (exact) mass is 295 g/mol. The van der Waals surface area contributed by atoms with Crippen LogP contribution in [0.4, 0.5) is 4.39 Å². The SMILES string of the molecule is COc1cc2c(cc1F)[nH]c(=S)n2CCN(C)C1CC1. The van der Waals surface area contributed by atoms with Crippen LogP contribution in [0, 0.1) is 10.6 Å². The summed E-state index contributed by atoms with van der Waals surface area (Å²) in [4.78, 5) is 5.40. The lowest BCUT2D eigenvalue weighted by atomic mass is 10.3. The van der Waals surface area contributed by atoms with Crippen LogP contribution in [-0.2, 0) is 6.54 Å². The van der Waals surface area contributed by atoms with Crippen molar-refractivity contribution < 1.29 is 9.13 Å². The number of imidazole rings is 1. The van der Waals surface area contributed by atoms with Crippen LogP contribution in [0.2, 0.25) is 0 Å². The summed E-state index contributed by atoms with van der Waals surface area (Å²) in [7, 11) is 3.60. The van der Waals surface area contributed by atoms with E-state index in [1.54, 1.807) is 6.07 Å². The number of nitrogens with one attached hydrogen (secondary N) is 1. The number of hydrogen-bond acceptors (Lipinski definition) is 3. The number of halogens is 1. The number of rotatable bonds is 5. The highest BCUT2D eigenvalue weighted by atomic mass is 32.1. The molecule has 4 nitrogen and oxygen atoms in total. The van der Waals surface area contributed by atoms with Gasteiger partial charge in [-0.05, 0) is 32.1 Å². The molecule has 1 aromatic carbocycles. The summed E-state index contributed by atoms with van der Waals surface area (Å²) < 4.78 is 21.4. The van der Waals surface area contributed by atoms with Crippen LogP contribution in [0.15, 0.2) is 12.1 Å². The molecule has 0 atom stereocenters. The number of aromatic nitrogens is 2. The average Bonchev–Trinajstić information content (AvgIpc) is 3.21. The maximum atomic E-state index is 13.7. The Hall–Kier alpha value is -1.40. The first-order valence-electron chi connectivity index (χ1n) is 6.76. The fourth-order valence-corrected chi connectivity index (χ4v) is 2.79. The molecule has 1 aromatic heterocycles. The van der Waals surface area contributed by atoms with Gasteiger partial charge in [-0.2, -0.15) is 0 Å². The number of H-pyrrole nitrogens is 1. The minimum Gasteiger partial charge on any atom is -0.494 e. The first-order valence-corrected chi connectivity index (χ1v) is 7.17. The van der Waals surface area contributed by atoms with Gasteiger partial charge in [-0.25, -0.2) is 4.39 Å². The number of ether oxygens (including phenoxy) is 1. The zero-order valence-electron chi connectivity index (χ0n) is 11.6. The van der Waals surface area contributed by atoms with Crippen LogP contribution in [0.1, 0.15) is 12.8 Å². The molecule has 108 valence electrons. The van der Waals surface area contributed by atoms with E-state index in [4.69, 9.17) is 17.0 Å². The van der Waals surface area contributed by atoms with E-state index in [2.05, 4.69) is 16.9 Å². The summed E-state index contributed by atoms with van der Waals surface area (Å²) in [5.74, 6) is -0.130. The van der Waals surface area contributed by atoms with Gasteiger partial charge < -0.3 is 19.2 Å². The van der Waals surface area contributed by atoms with Crippen molar-refractivity contribution in [1.82, 2.24) is 14.5 Å². The fraction of sp³-hybridized carbons (Fsp3) is 0.500. The first-order chi connectivity index (χ1) is 9.60. The third-order valence-electron chi connectivity index (χ3n) is 3.89. The summed E-state index contributed by atoms with van der Waals surface area (Å²) in [6.07, 6.45) is 2.57. The summed E-state index contributed by atoms with van der Waals surface area (Å²) >= 11 is 5.33. The van der Waals surface area contributed by atoms with Gasteiger partial charge in [0.25, 0.3) is 0 Å². The van der Waals surface area contributed by atoms with E-state index in [1.165, 1.54) is 26.0 Å². The first kappa shape index (κ1) is 13.6. The molecule has 1 heterocycles. The van der Waals surface area contributed by atoms with Crippen molar-refractivity contribution in [2.75, 3.05) is 20.7 Å². The van der Waals surface area contributed by atoms with Gasteiger partial charge in [0.1, 0.15) is 0 Å². The van der Waals surface area contributed by atoms with Gasteiger partial charge in [0, 0.05) is 31.3 Å². The molecular weight excluding hydrogens is 277 g/mol. The topological polar surface area (TPSA) is 33.2 Å². The predicted octanol–water partition coefficient (Wildman–Crippen LogP) is 2.94. The predicted molar refractivity (Wildman–Crippen MR) is 79.3 cm³/mol. The van der Waals surface area contributed by atoms with E-state index in [0.29, 0.717) is 10.3 Å². The number of benzene rings is 1. The zero-order chi connectivity index (χ0) is 14.3. The molecule has 0 spiro atoms. The van der Waals surface area contributed by atoms with Crippen LogP contribution >= 0.6 is 12.2 Å². The molecule has 1 N–H and O–H groups in total. The standard InChI is InChI=1S/C14H18FN3OS/c1-17(9-3-4-9)5-6-18-12-8-13(19-2)10(15)7-11(12)16-14(18)20/h7-9H,3-6H2,1-2H3,(H,16,20). The molecule has 0 radical (unpaired) electrons. The Bertz CT molecular complexity index is 690. The van der Waals surface area contributed by atoms with Crippen molar-refractivity contribution in [3.8, 4) is 5.75 Å². The second-order valence-corrected chi connectivity index (χ2v) is 5.68. The minimum absolute atomic E-state index is 0.246. The lowest BCUT2D eigenvalue weighted by Crippen LogP contribution is -2.25. The summed E-state index contributed by atoms with van der Waals surface area (Å²) in [5.41, 5.74) is 1.60. The van der Waals surface area contributed by atoms with Gasteiger partial charge in [-0.3, -0.25) is 0 Å². The van der Waals surface area contributed by atoms with E-state index < -0.39 is 0 Å². The maximum Gasteiger partial charge on any atom is 0.178 e. The molecular formula is C14H18FN3OS. The molecule has 1 fully saturated rings. The number of methoxy groups -OCH3 is 1. The number of likely N-dealkylation sites (N-methyl/N-ethyl adjacent to an activating group) is 1. The Morgan fingerprint density at radius 2 is 2.25 bits per heavy atom. The van der Waals surface area contributed by atoms with Gasteiger partial charge in [0.15, 0.2) is 16.3 Å². The van der Waals surface area contributed by atoms with Crippen LogP contribution in [0.3, 0.4) is 0 Å². The van der Waals surface area contributed by atoms with Gasteiger partial charge in [-0.15, -0.1) is 0 Å². The van der Waals surface area contributed by atoms with Crippen molar-refractivity contribution in [3.05, 3.63) is 22.7 Å². The molecule has 0 aliphatic heterocycles. The van der Waals surface area contributed by atoms with Gasteiger partial charge in [-0.1, -0.05) is 0 Å². The second-order valence-electron chi connectivity index (χ2n) is 5.30. The van der Waals surface area contributed by atoms with E-state index in [-0.39, 0.29) is 11.6 Å². The fourth-order valence-electron chi connectivity index (χ4n) is 2.49. The number of hydrogen-bond donors (Lipinski definition) is 1. The second kappa shape index (κ2) is 5.18. The lowest BCUT2D eigenvalue weighted by molar-refractivity contribution is 0.310. The third kappa shape index (κ3) is 2.45. The zero-order valence-corrected chi connectivity index (χ0v) is 12.5. The quantitative estimate of drug-likeness (QED) is 0.861. The van der Waals surface area contributed by atoms with Crippen LogP contribution in [0.5, 0.6) is 5.75 Å². The van der Waals surface area contributed by atoms with E-state index in [1.807, 2.05) is 4.57 Å². The molecule has 1 aliphatic rings. The summed E-state index contributed by atoms with van der Waals surface area (Å²) in [5, 5.41) is 0. The van der Waals surface area contributed by atoms with Crippen LogP contribution < -0.4 is 4.74 Å². The third-order valence-corrected chi connectivity index (χ3v) is 4.22. The minimum atomic E-state index is -0.376. The number of fused-ring (bicyclic) bond motifs is 1. The molecule has 1 saturated carbocycles. The maximum absolute atomic E-state index is 13.7. The van der Waals surface area contributed by atoms with Gasteiger partial charge in [0.2, 0.25) is 0 Å². The highest BCUT2D eigenvalue weighted by Gasteiger charge is 2.25. The van der Waals surface area contributed by atoms with Crippen molar-refractivity contribution in [1.29, 1.82) is 0 Å². The lowest BCUT2D eigenvalue weighted by Gasteiger charge is -2.16. The highest BCUT2D eigenvalue weighted by molar-refractivity contribution is 7.71. The molecule has 0 amide bonds. The van der Waals surface area contributed by atoms with Crippen molar-refractivity contribution in [2.24, 2.45) is 0 Å². The molecule has 0 bridgehead atoms. The van der Waals surface area contributed by atoms with E-state index in [9.17, 15) is 4.39 Å². The van der Waals surface area contributed by atoms with Crippen molar-refractivity contribution in [2.45, 2.75) is 25.4 Å². The van der Waals surface area contributed by atoms with Crippen LogP contribution in [-0.4, -0.2) is 41.2 Å². The molecule has 2 aromatic rings. The summed E-state index contributed by atoms with van der Waals surface area (Å²) in [6.45, 7) is 1.73.